The third-order valence-electron chi connectivity index (χ3n) is 4.90. The molecule has 1 aliphatic carbocycles. The second kappa shape index (κ2) is 6.65. The normalized spacial score (nSPS) is 22.2. The second-order valence-corrected chi connectivity index (χ2v) is 7.02. The molecule has 2 aliphatic rings. The summed E-state index contributed by atoms with van der Waals surface area (Å²) in [4.78, 5) is 0. The van der Waals surface area contributed by atoms with Gasteiger partial charge in [0.1, 0.15) is 5.76 Å². The van der Waals surface area contributed by atoms with Crippen molar-refractivity contribution in [2.75, 3.05) is 6.79 Å². The van der Waals surface area contributed by atoms with Crippen LogP contribution >= 0.6 is 11.6 Å². The van der Waals surface area contributed by atoms with Crippen LogP contribution in [0.15, 0.2) is 22.7 Å². The number of ether oxygens (including phenoxy) is 2. The molecule has 128 valence electrons. The molecule has 1 aromatic heterocycles. The number of aromatic nitrogens is 1. The van der Waals surface area contributed by atoms with Gasteiger partial charge in [0, 0.05) is 36.2 Å². The Labute approximate surface area is 146 Å². The minimum absolute atomic E-state index is 0.268. The minimum atomic E-state index is 0.268. The molecule has 4 rings (SSSR count). The van der Waals surface area contributed by atoms with Crippen LogP contribution in [0.5, 0.6) is 11.5 Å². The number of nitrogens with one attached hydrogen (secondary N) is 1. The van der Waals surface area contributed by atoms with Crippen molar-refractivity contribution in [2.45, 2.75) is 45.2 Å². The van der Waals surface area contributed by atoms with Gasteiger partial charge >= 0.3 is 0 Å². The van der Waals surface area contributed by atoms with Gasteiger partial charge in [0.25, 0.3) is 0 Å². The summed E-state index contributed by atoms with van der Waals surface area (Å²) < 4.78 is 16.2. The van der Waals surface area contributed by atoms with Crippen molar-refractivity contribution in [3.05, 3.63) is 40.2 Å². The number of hydrogen-bond donors (Lipinski definition) is 1. The van der Waals surface area contributed by atoms with E-state index in [1.165, 1.54) is 19.3 Å². The van der Waals surface area contributed by atoms with Gasteiger partial charge in [-0.3, -0.25) is 0 Å². The predicted molar refractivity (Wildman–Crippen MR) is 90.5 cm³/mol. The topological polar surface area (TPSA) is 56.5 Å². The van der Waals surface area contributed by atoms with Gasteiger partial charge in [0.2, 0.25) is 6.79 Å². The van der Waals surface area contributed by atoms with E-state index in [9.17, 15) is 0 Å². The van der Waals surface area contributed by atoms with Crippen LogP contribution < -0.4 is 14.8 Å². The van der Waals surface area contributed by atoms with Crippen LogP contribution in [-0.4, -0.2) is 18.0 Å². The lowest BCUT2D eigenvalue weighted by Crippen LogP contribution is -2.33. The number of rotatable bonds is 5. The predicted octanol–water partition coefficient (Wildman–Crippen LogP) is 3.87. The van der Waals surface area contributed by atoms with Gasteiger partial charge in [-0.15, -0.1) is 0 Å². The Morgan fingerprint density at radius 1 is 1.21 bits per heavy atom. The van der Waals surface area contributed by atoms with E-state index in [-0.39, 0.29) is 6.79 Å². The number of halogens is 1. The lowest BCUT2D eigenvalue weighted by atomic mass is 9.97. The zero-order valence-electron chi connectivity index (χ0n) is 13.7. The van der Waals surface area contributed by atoms with E-state index in [0.717, 1.165) is 41.5 Å². The number of aryl methyl sites for hydroxylation is 1. The molecule has 2 aromatic rings. The molecule has 1 aliphatic heterocycles. The molecule has 0 spiro atoms. The Morgan fingerprint density at radius 3 is 2.83 bits per heavy atom. The van der Waals surface area contributed by atoms with Crippen molar-refractivity contribution in [1.82, 2.24) is 10.5 Å². The zero-order valence-corrected chi connectivity index (χ0v) is 14.4. The molecule has 0 saturated heterocycles. The maximum Gasteiger partial charge on any atom is 0.231 e. The molecule has 5 nitrogen and oxygen atoms in total. The zero-order chi connectivity index (χ0) is 16.5. The highest BCUT2D eigenvalue weighted by Crippen LogP contribution is 2.37. The van der Waals surface area contributed by atoms with Gasteiger partial charge in [-0.1, -0.05) is 23.2 Å². The maximum atomic E-state index is 6.36. The third kappa shape index (κ3) is 3.23. The summed E-state index contributed by atoms with van der Waals surface area (Å²) in [5, 5.41) is 8.36. The fourth-order valence-electron chi connectivity index (χ4n) is 3.66. The van der Waals surface area contributed by atoms with E-state index in [1.54, 1.807) is 0 Å². The van der Waals surface area contributed by atoms with Crippen LogP contribution in [-0.2, 0) is 13.0 Å². The maximum absolute atomic E-state index is 6.36. The largest absolute Gasteiger partial charge is 0.454 e. The molecule has 1 N–H and O–H groups in total. The minimum Gasteiger partial charge on any atom is -0.454 e. The van der Waals surface area contributed by atoms with Crippen molar-refractivity contribution in [2.24, 2.45) is 5.92 Å². The Kier molecular flexibility index (Phi) is 4.37. The van der Waals surface area contributed by atoms with E-state index in [4.69, 9.17) is 25.6 Å². The van der Waals surface area contributed by atoms with Gasteiger partial charge in [-0.05, 0) is 37.3 Å². The van der Waals surface area contributed by atoms with Crippen LogP contribution in [0, 0.1) is 12.8 Å². The number of nitrogens with zero attached hydrogens (tertiary/aromatic N) is 1. The summed E-state index contributed by atoms with van der Waals surface area (Å²) in [5.74, 6) is 3.05. The molecule has 2 atom stereocenters. The molecule has 2 heterocycles. The van der Waals surface area contributed by atoms with Crippen molar-refractivity contribution >= 4 is 11.6 Å². The van der Waals surface area contributed by atoms with E-state index in [0.29, 0.717) is 17.0 Å². The lowest BCUT2D eigenvalue weighted by Gasteiger charge is -2.20. The third-order valence-corrected chi connectivity index (χ3v) is 5.25. The first-order valence-electron chi connectivity index (χ1n) is 8.42. The Hall–Kier alpha value is -1.72. The molecule has 0 bridgehead atoms. The Bertz CT molecular complexity index is 731. The van der Waals surface area contributed by atoms with Crippen LogP contribution in [0.4, 0.5) is 0 Å². The highest BCUT2D eigenvalue weighted by Gasteiger charge is 2.28. The van der Waals surface area contributed by atoms with Crippen molar-refractivity contribution in [3.8, 4) is 11.5 Å². The van der Waals surface area contributed by atoms with E-state index >= 15 is 0 Å². The molecule has 6 heteroatoms. The first kappa shape index (κ1) is 15.8. The quantitative estimate of drug-likeness (QED) is 0.889. The van der Waals surface area contributed by atoms with Crippen molar-refractivity contribution < 1.29 is 14.0 Å². The number of fused-ring (bicyclic) bond motifs is 1. The monoisotopic (exact) mass is 348 g/mol. The van der Waals surface area contributed by atoms with E-state index < -0.39 is 0 Å². The summed E-state index contributed by atoms with van der Waals surface area (Å²) in [6.45, 7) is 2.95. The lowest BCUT2D eigenvalue weighted by molar-refractivity contribution is 0.174. The molecule has 0 unspecified atom stereocenters. The summed E-state index contributed by atoms with van der Waals surface area (Å²) in [6.07, 6.45) is 4.57. The molecule has 1 aromatic carbocycles. The average molecular weight is 349 g/mol. The van der Waals surface area contributed by atoms with Gasteiger partial charge in [0.15, 0.2) is 11.5 Å². The molecule has 1 fully saturated rings. The molecule has 0 radical (unpaired) electrons. The van der Waals surface area contributed by atoms with Gasteiger partial charge in [0.05, 0.1) is 5.69 Å². The van der Waals surface area contributed by atoms with Gasteiger partial charge in [-0.2, -0.15) is 0 Å². The fourth-order valence-corrected chi connectivity index (χ4v) is 3.88. The summed E-state index contributed by atoms with van der Waals surface area (Å²) in [7, 11) is 0. The first-order valence-corrected chi connectivity index (χ1v) is 8.80. The molecular weight excluding hydrogens is 328 g/mol. The molecule has 0 amide bonds. The highest BCUT2D eigenvalue weighted by atomic mass is 35.5. The standard InChI is InChI=1S/C18H21ClN2O3/c1-11-5-14(24-21-11)6-12-3-2-4-16(12)20-9-13-7-17-18(8-15(13)19)23-10-22-17/h5,7-8,12,16,20H,2-4,6,9-10H2,1H3/t12-,16+/m0/s1. The van der Waals surface area contributed by atoms with Crippen LogP contribution in [0.1, 0.15) is 36.3 Å². The van der Waals surface area contributed by atoms with Crippen molar-refractivity contribution in [3.63, 3.8) is 0 Å². The fraction of sp³-hybridized carbons (Fsp3) is 0.500. The summed E-state index contributed by atoms with van der Waals surface area (Å²) in [5.41, 5.74) is 1.99. The van der Waals surface area contributed by atoms with Gasteiger partial charge < -0.3 is 19.3 Å². The van der Waals surface area contributed by atoms with E-state index in [1.807, 2.05) is 25.1 Å². The first-order chi connectivity index (χ1) is 11.7. The Morgan fingerprint density at radius 2 is 2.04 bits per heavy atom. The summed E-state index contributed by atoms with van der Waals surface area (Å²) in [6, 6.07) is 6.31. The van der Waals surface area contributed by atoms with Crippen LogP contribution in [0.3, 0.4) is 0 Å². The van der Waals surface area contributed by atoms with Crippen molar-refractivity contribution in [1.29, 1.82) is 0 Å². The second-order valence-electron chi connectivity index (χ2n) is 6.61. The van der Waals surface area contributed by atoms with Gasteiger partial charge in [-0.25, -0.2) is 0 Å². The highest BCUT2D eigenvalue weighted by molar-refractivity contribution is 6.31. The number of benzene rings is 1. The Balaban J connectivity index is 1.40. The molecular formula is C18H21ClN2O3. The average Bonchev–Trinajstić information content (AvgIpc) is 3.27. The van der Waals surface area contributed by atoms with E-state index in [2.05, 4.69) is 10.5 Å². The van der Waals surface area contributed by atoms with Crippen LogP contribution in [0.2, 0.25) is 5.02 Å². The SMILES string of the molecule is Cc1cc(C[C@@H]2CCC[C@H]2NCc2cc3c(cc2Cl)OCO3)on1. The molecule has 24 heavy (non-hydrogen) atoms. The number of hydrogen-bond acceptors (Lipinski definition) is 5. The van der Waals surface area contributed by atoms with Crippen LogP contribution in [0.25, 0.3) is 0 Å². The summed E-state index contributed by atoms with van der Waals surface area (Å²) >= 11 is 6.36. The molecule has 1 saturated carbocycles. The smallest absolute Gasteiger partial charge is 0.231 e.